The summed E-state index contributed by atoms with van der Waals surface area (Å²) in [6, 6.07) is 7.48. The lowest BCUT2D eigenvalue weighted by Crippen LogP contribution is -2.29. The summed E-state index contributed by atoms with van der Waals surface area (Å²) in [6.07, 6.45) is 7.68. The molecule has 38 heavy (non-hydrogen) atoms. The summed E-state index contributed by atoms with van der Waals surface area (Å²) in [7, 11) is -2.32. The molecule has 200 valence electrons. The minimum absolute atomic E-state index is 0.00510. The molecule has 12 heteroatoms. The quantitative estimate of drug-likeness (QED) is 0.312. The van der Waals surface area contributed by atoms with Crippen LogP contribution in [0.5, 0.6) is 5.75 Å². The van der Waals surface area contributed by atoms with Crippen LogP contribution >= 0.6 is 11.6 Å². The van der Waals surface area contributed by atoms with Crippen LogP contribution in [0.15, 0.2) is 53.8 Å². The first-order valence-electron chi connectivity index (χ1n) is 12.1. The first kappa shape index (κ1) is 26.3. The Morgan fingerprint density at radius 3 is 2.61 bits per heavy atom. The molecular weight excluding hydrogens is 536 g/mol. The lowest BCUT2D eigenvalue weighted by Gasteiger charge is -2.25. The number of nitrogens with zero attached hydrogens (tertiary/aromatic N) is 3. The molecule has 1 aliphatic rings. The minimum Gasteiger partial charge on any atom is -0.494 e. The number of methoxy groups -OCH3 is 1. The molecule has 0 radical (unpaired) electrons. The molecule has 5 rings (SSSR count). The highest BCUT2D eigenvalue weighted by atomic mass is 35.5. The van der Waals surface area contributed by atoms with Gasteiger partial charge in [-0.05, 0) is 61.9 Å². The van der Waals surface area contributed by atoms with E-state index in [9.17, 15) is 17.2 Å². The van der Waals surface area contributed by atoms with Gasteiger partial charge in [0, 0.05) is 29.7 Å². The van der Waals surface area contributed by atoms with Crippen LogP contribution in [-0.4, -0.2) is 41.7 Å². The zero-order valence-electron chi connectivity index (χ0n) is 20.5. The molecule has 4 aromatic rings. The third-order valence-corrected chi connectivity index (χ3v) is 9.21. The molecule has 2 aromatic carbocycles. The second-order valence-corrected chi connectivity index (χ2v) is 11.8. The largest absolute Gasteiger partial charge is 0.494 e. The predicted molar refractivity (Wildman–Crippen MR) is 142 cm³/mol. The lowest BCUT2D eigenvalue weighted by molar-refractivity contribution is 0.348. The molecule has 1 saturated carbocycles. The Morgan fingerprint density at radius 1 is 1.13 bits per heavy atom. The molecule has 1 aliphatic carbocycles. The van der Waals surface area contributed by atoms with Crippen LogP contribution < -0.4 is 15.8 Å². The van der Waals surface area contributed by atoms with Gasteiger partial charge in [0.2, 0.25) is 5.82 Å². The Hall–Kier alpha value is -3.28. The third-order valence-electron chi connectivity index (χ3n) is 6.85. The second kappa shape index (κ2) is 10.5. The zero-order valence-corrected chi connectivity index (χ0v) is 22.1. The standard InChI is InChI=1S/C26H26ClF2N5O3S/c1-37-21-8-7-18(23(28)24(21)29)20-13-32-26-25(31-10-11-34(20)26)33-17-6-9-22(19(27)12-17)38(35,36)14-15-2-4-16(30)5-3-15/h6-13,15-16H,2-5,14,30H2,1H3,(H,31,33)/t15-,16-. The Labute approximate surface area is 223 Å². The van der Waals surface area contributed by atoms with Gasteiger partial charge in [-0.15, -0.1) is 0 Å². The summed E-state index contributed by atoms with van der Waals surface area (Å²) >= 11 is 6.41. The summed E-state index contributed by atoms with van der Waals surface area (Å²) in [5, 5.41) is 3.18. The molecule has 0 aliphatic heterocycles. The van der Waals surface area contributed by atoms with Gasteiger partial charge in [0.15, 0.2) is 32.9 Å². The van der Waals surface area contributed by atoms with E-state index in [0.717, 1.165) is 25.7 Å². The predicted octanol–water partition coefficient (Wildman–Crippen LogP) is 5.37. The van der Waals surface area contributed by atoms with Crippen LogP contribution in [-0.2, 0) is 9.84 Å². The number of rotatable bonds is 7. The monoisotopic (exact) mass is 561 g/mol. The minimum atomic E-state index is -3.58. The first-order chi connectivity index (χ1) is 18.2. The molecule has 8 nitrogen and oxygen atoms in total. The normalized spacial score (nSPS) is 18.0. The van der Waals surface area contributed by atoms with E-state index in [-0.39, 0.29) is 38.9 Å². The van der Waals surface area contributed by atoms with Gasteiger partial charge in [0.1, 0.15) is 0 Å². The van der Waals surface area contributed by atoms with Crippen LogP contribution in [0, 0.1) is 17.6 Å². The summed E-state index contributed by atoms with van der Waals surface area (Å²) in [5.41, 5.74) is 7.10. The van der Waals surface area contributed by atoms with E-state index in [1.807, 2.05) is 0 Å². The average molecular weight is 562 g/mol. The summed E-state index contributed by atoms with van der Waals surface area (Å²) in [5.74, 6) is -1.94. The molecule has 2 aromatic heterocycles. The van der Waals surface area contributed by atoms with E-state index in [2.05, 4.69) is 15.3 Å². The lowest BCUT2D eigenvalue weighted by atomic mass is 9.88. The fourth-order valence-corrected chi connectivity index (χ4v) is 7.11. The highest BCUT2D eigenvalue weighted by Gasteiger charge is 2.27. The van der Waals surface area contributed by atoms with Crippen molar-refractivity contribution < 1.29 is 21.9 Å². The number of imidazole rings is 1. The number of hydrogen-bond acceptors (Lipinski definition) is 7. The van der Waals surface area contributed by atoms with Crippen molar-refractivity contribution in [2.45, 2.75) is 36.6 Å². The number of fused-ring (bicyclic) bond motifs is 1. The number of nitrogens with two attached hydrogens (primary N) is 1. The van der Waals surface area contributed by atoms with Gasteiger partial charge < -0.3 is 15.8 Å². The van der Waals surface area contributed by atoms with Crippen LogP contribution in [0.3, 0.4) is 0 Å². The fraction of sp³-hybridized carbons (Fsp3) is 0.308. The Bertz CT molecular complexity index is 1600. The maximum Gasteiger partial charge on any atom is 0.201 e. The molecule has 1 fully saturated rings. The smallest absolute Gasteiger partial charge is 0.201 e. The third kappa shape index (κ3) is 5.05. The maximum atomic E-state index is 14.7. The van der Waals surface area contributed by atoms with Crippen LogP contribution in [0.2, 0.25) is 5.02 Å². The van der Waals surface area contributed by atoms with Gasteiger partial charge in [-0.2, -0.15) is 4.39 Å². The first-order valence-corrected chi connectivity index (χ1v) is 14.1. The van der Waals surface area contributed by atoms with Gasteiger partial charge in [0.25, 0.3) is 0 Å². The van der Waals surface area contributed by atoms with E-state index in [0.29, 0.717) is 22.8 Å². The van der Waals surface area contributed by atoms with Crippen molar-refractivity contribution in [3.8, 4) is 17.0 Å². The van der Waals surface area contributed by atoms with E-state index >= 15 is 0 Å². The molecule has 0 unspecified atom stereocenters. The molecular formula is C26H26ClF2N5O3S. The van der Waals surface area contributed by atoms with Gasteiger partial charge in [-0.25, -0.2) is 22.8 Å². The number of anilines is 2. The molecule has 2 heterocycles. The van der Waals surface area contributed by atoms with Crippen molar-refractivity contribution in [3.63, 3.8) is 0 Å². The number of aromatic nitrogens is 3. The Morgan fingerprint density at radius 2 is 1.89 bits per heavy atom. The van der Waals surface area contributed by atoms with Crippen LogP contribution in [0.4, 0.5) is 20.3 Å². The topological polar surface area (TPSA) is 112 Å². The number of nitrogens with one attached hydrogen (secondary N) is 1. The molecule has 3 N–H and O–H groups in total. The SMILES string of the molecule is COc1ccc(-c2cnc3c(Nc4ccc(S(=O)(=O)C[C@H]5CC[C@H](N)CC5)c(Cl)c4)nccn23)c(F)c1F. The Balaban J connectivity index is 1.40. The zero-order chi connectivity index (χ0) is 27.0. The van der Waals surface area contributed by atoms with Crippen molar-refractivity contribution in [2.24, 2.45) is 11.7 Å². The molecule has 0 bridgehead atoms. The molecule has 0 spiro atoms. The van der Waals surface area contributed by atoms with Gasteiger partial charge in [-0.3, -0.25) is 4.40 Å². The summed E-state index contributed by atoms with van der Waals surface area (Å²) in [6.45, 7) is 0. The summed E-state index contributed by atoms with van der Waals surface area (Å²) in [4.78, 5) is 8.72. The van der Waals surface area contributed by atoms with Crippen molar-refractivity contribution in [3.05, 3.63) is 65.6 Å². The van der Waals surface area contributed by atoms with E-state index in [4.69, 9.17) is 22.1 Å². The molecule has 0 amide bonds. The van der Waals surface area contributed by atoms with E-state index in [1.165, 1.54) is 43.8 Å². The number of sulfone groups is 1. The van der Waals surface area contributed by atoms with Gasteiger partial charge in [0.05, 0.1) is 34.7 Å². The Kier molecular flexibility index (Phi) is 7.26. The number of ether oxygens (including phenoxy) is 1. The summed E-state index contributed by atoms with van der Waals surface area (Å²) < 4.78 is 61.5. The number of benzene rings is 2. The second-order valence-electron chi connectivity index (χ2n) is 9.39. The molecule has 0 saturated heterocycles. The highest BCUT2D eigenvalue weighted by Crippen LogP contribution is 2.34. The van der Waals surface area contributed by atoms with Gasteiger partial charge >= 0.3 is 0 Å². The average Bonchev–Trinajstić information content (AvgIpc) is 3.32. The molecule has 0 atom stereocenters. The van der Waals surface area contributed by atoms with E-state index in [1.54, 1.807) is 16.7 Å². The van der Waals surface area contributed by atoms with Crippen LogP contribution in [0.1, 0.15) is 25.7 Å². The van der Waals surface area contributed by atoms with E-state index < -0.39 is 21.5 Å². The van der Waals surface area contributed by atoms with Crippen LogP contribution in [0.25, 0.3) is 16.9 Å². The van der Waals surface area contributed by atoms with Crippen molar-refractivity contribution in [1.82, 2.24) is 14.4 Å². The maximum absolute atomic E-state index is 14.7. The number of hydrogen-bond donors (Lipinski definition) is 2. The van der Waals surface area contributed by atoms with Crippen molar-refractivity contribution in [1.29, 1.82) is 0 Å². The number of halogens is 3. The van der Waals surface area contributed by atoms with Gasteiger partial charge in [-0.1, -0.05) is 11.6 Å². The van der Waals surface area contributed by atoms with Crippen molar-refractivity contribution >= 4 is 38.6 Å². The fourth-order valence-electron chi connectivity index (χ4n) is 4.82. The highest BCUT2D eigenvalue weighted by molar-refractivity contribution is 7.91. The van der Waals surface area contributed by atoms with Crippen molar-refractivity contribution in [2.75, 3.05) is 18.2 Å².